The van der Waals surface area contributed by atoms with Crippen LogP contribution < -0.4 is 10.5 Å². The number of sulfonamides is 1. The third-order valence-corrected chi connectivity index (χ3v) is 6.22. The van der Waals surface area contributed by atoms with Crippen molar-refractivity contribution in [3.05, 3.63) is 17.0 Å². The van der Waals surface area contributed by atoms with Crippen molar-refractivity contribution in [1.29, 1.82) is 0 Å². The van der Waals surface area contributed by atoms with E-state index in [1.54, 1.807) is 6.07 Å². The third-order valence-electron chi connectivity index (χ3n) is 2.77. The fourth-order valence-electron chi connectivity index (χ4n) is 1.74. The van der Waals surface area contributed by atoms with E-state index in [0.29, 0.717) is 17.9 Å². The van der Waals surface area contributed by atoms with Crippen molar-refractivity contribution in [1.82, 2.24) is 4.72 Å². The van der Waals surface area contributed by atoms with Crippen molar-refractivity contribution in [2.24, 2.45) is 5.73 Å². The van der Waals surface area contributed by atoms with Crippen LogP contribution in [0.4, 0.5) is 0 Å². The fourth-order valence-corrected chi connectivity index (χ4v) is 4.45. The van der Waals surface area contributed by atoms with Crippen LogP contribution in [-0.2, 0) is 14.8 Å². The van der Waals surface area contributed by atoms with Crippen molar-refractivity contribution in [3.63, 3.8) is 0 Å². The maximum absolute atomic E-state index is 12.1. The Morgan fingerprint density at radius 1 is 1.61 bits per heavy atom. The summed E-state index contributed by atoms with van der Waals surface area (Å²) in [5.74, 6) is 0. The van der Waals surface area contributed by atoms with Crippen molar-refractivity contribution in [3.8, 4) is 0 Å². The smallest absolute Gasteiger partial charge is 0.250 e. The van der Waals surface area contributed by atoms with Crippen LogP contribution in [-0.4, -0.2) is 32.2 Å². The minimum absolute atomic E-state index is 0.102. The Balaban J connectivity index is 2.17. The zero-order valence-corrected chi connectivity index (χ0v) is 12.2. The van der Waals surface area contributed by atoms with Gasteiger partial charge >= 0.3 is 0 Å². The van der Waals surface area contributed by atoms with Gasteiger partial charge in [0.1, 0.15) is 9.20 Å². The van der Waals surface area contributed by atoms with Crippen LogP contribution in [0.2, 0.25) is 0 Å². The number of nitrogens with one attached hydrogen (secondary N) is 1. The molecule has 1 fully saturated rings. The summed E-state index contributed by atoms with van der Waals surface area (Å²) < 4.78 is 32.5. The third kappa shape index (κ3) is 2.89. The zero-order valence-electron chi connectivity index (χ0n) is 9.75. The molecule has 1 saturated heterocycles. The molecule has 0 aromatic carbocycles. The average Bonchev–Trinajstić information content (AvgIpc) is 2.88. The number of rotatable bonds is 4. The van der Waals surface area contributed by atoms with Crippen LogP contribution >= 0.6 is 23.6 Å². The van der Waals surface area contributed by atoms with E-state index in [0.717, 1.165) is 11.3 Å². The lowest BCUT2D eigenvalue weighted by molar-refractivity contribution is 0.117. The van der Waals surface area contributed by atoms with E-state index in [4.69, 9.17) is 22.7 Å². The normalized spacial score (nSPS) is 24.3. The molecule has 18 heavy (non-hydrogen) atoms. The summed E-state index contributed by atoms with van der Waals surface area (Å²) in [6.07, 6.45) is 0.586. The van der Waals surface area contributed by atoms with E-state index < -0.39 is 10.0 Å². The Kier molecular flexibility index (Phi) is 4.02. The standard InChI is InChI=1S/C10H14N2O3S3/c1-6-7(4-5-15-6)12-18(13,14)9-3-2-8(17-9)10(11)16/h2-3,6-7,12H,4-5H2,1H3,(H2,11,16). The van der Waals surface area contributed by atoms with Crippen molar-refractivity contribution >= 4 is 38.6 Å². The number of hydrogen-bond acceptors (Lipinski definition) is 5. The van der Waals surface area contributed by atoms with Gasteiger partial charge in [0.2, 0.25) is 10.0 Å². The summed E-state index contributed by atoms with van der Waals surface area (Å²) in [4.78, 5) is 0.806. The van der Waals surface area contributed by atoms with Crippen molar-refractivity contribution in [2.45, 2.75) is 29.7 Å². The topological polar surface area (TPSA) is 81.4 Å². The summed E-state index contributed by atoms with van der Waals surface area (Å²) in [5.41, 5.74) is 5.46. The summed E-state index contributed by atoms with van der Waals surface area (Å²) in [7, 11) is -3.52. The number of thiophene rings is 1. The fraction of sp³-hybridized carbons (Fsp3) is 0.500. The summed E-state index contributed by atoms with van der Waals surface area (Å²) >= 11 is 5.89. The first-order chi connectivity index (χ1) is 8.40. The number of thiocarbonyl (C=S) groups is 1. The average molecular weight is 306 g/mol. The zero-order chi connectivity index (χ0) is 13.3. The molecular formula is C10H14N2O3S3. The Labute approximate surface area is 115 Å². The molecule has 1 aliphatic rings. The quantitative estimate of drug-likeness (QED) is 0.806. The number of nitrogens with two attached hydrogens (primary N) is 1. The van der Waals surface area contributed by atoms with Crippen LogP contribution in [0, 0.1) is 0 Å². The molecule has 0 aliphatic carbocycles. The summed E-state index contributed by atoms with van der Waals surface area (Å²) in [6.45, 7) is 2.44. The molecule has 0 radical (unpaired) electrons. The van der Waals surface area contributed by atoms with Gasteiger partial charge in [-0.2, -0.15) is 0 Å². The highest BCUT2D eigenvalue weighted by atomic mass is 32.2. The van der Waals surface area contributed by atoms with Crippen LogP contribution in [0.3, 0.4) is 0 Å². The Morgan fingerprint density at radius 2 is 2.33 bits per heavy atom. The van der Waals surface area contributed by atoms with E-state index in [1.807, 2.05) is 6.92 Å². The lowest BCUT2D eigenvalue weighted by Gasteiger charge is -2.15. The summed E-state index contributed by atoms with van der Waals surface area (Å²) in [5, 5.41) is 0. The van der Waals surface area contributed by atoms with Crippen molar-refractivity contribution < 1.29 is 13.2 Å². The second kappa shape index (κ2) is 5.22. The molecule has 1 aromatic heterocycles. The predicted octanol–water partition coefficient (Wildman–Crippen LogP) is 0.838. The van der Waals surface area contributed by atoms with Gasteiger partial charge in [0.05, 0.1) is 17.0 Å². The molecule has 1 aliphatic heterocycles. The molecule has 2 atom stereocenters. The molecule has 3 N–H and O–H groups in total. The van der Waals surface area contributed by atoms with Gasteiger partial charge in [-0.15, -0.1) is 11.3 Å². The minimum Gasteiger partial charge on any atom is -0.389 e. The van der Waals surface area contributed by atoms with Gasteiger partial charge in [0.25, 0.3) is 0 Å². The molecular weight excluding hydrogens is 292 g/mol. The lowest BCUT2D eigenvalue weighted by atomic mass is 10.2. The molecule has 0 bridgehead atoms. The minimum atomic E-state index is -3.52. The highest BCUT2D eigenvalue weighted by molar-refractivity contribution is 7.91. The molecule has 0 spiro atoms. The lowest BCUT2D eigenvalue weighted by Crippen LogP contribution is -2.38. The molecule has 2 rings (SSSR count). The molecule has 2 unspecified atom stereocenters. The Hall–Kier alpha value is -0.540. The second-order valence-electron chi connectivity index (χ2n) is 4.08. The molecule has 0 amide bonds. The van der Waals surface area contributed by atoms with E-state index in [2.05, 4.69) is 4.72 Å². The van der Waals surface area contributed by atoms with Crippen molar-refractivity contribution in [2.75, 3.05) is 6.61 Å². The Morgan fingerprint density at radius 3 is 2.83 bits per heavy atom. The van der Waals surface area contributed by atoms with E-state index in [9.17, 15) is 8.42 Å². The van der Waals surface area contributed by atoms with Crippen LogP contribution in [0.1, 0.15) is 18.2 Å². The van der Waals surface area contributed by atoms with Crippen LogP contribution in [0.15, 0.2) is 16.3 Å². The first kappa shape index (κ1) is 13.9. The van der Waals surface area contributed by atoms with Gasteiger partial charge in [-0.3, -0.25) is 0 Å². The molecule has 2 heterocycles. The van der Waals surface area contributed by atoms with E-state index in [1.165, 1.54) is 6.07 Å². The Bertz CT molecular complexity index is 552. The molecule has 100 valence electrons. The maximum atomic E-state index is 12.1. The number of hydrogen-bond donors (Lipinski definition) is 2. The highest BCUT2D eigenvalue weighted by Gasteiger charge is 2.29. The van der Waals surface area contributed by atoms with Gasteiger partial charge in [-0.1, -0.05) is 12.2 Å². The van der Waals surface area contributed by atoms with Crippen LogP contribution in [0.5, 0.6) is 0 Å². The highest BCUT2D eigenvalue weighted by Crippen LogP contribution is 2.23. The molecule has 5 nitrogen and oxygen atoms in total. The van der Waals surface area contributed by atoms with Gasteiger partial charge in [0, 0.05) is 6.61 Å². The largest absolute Gasteiger partial charge is 0.389 e. The molecule has 0 saturated carbocycles. The SMILES string of the molecule is CC1OCCC1NS(=O)(=O)c1ccc(C(N)=S)s1. The van der Waals surface area contributed by atoms with Crippen LogP contribution in [0.25, 0.3) is 0 Å². The maximum Gasteiger partial charge on any atom is 0.250 e. The first-order valence-electron chi connectivity index (χ1n) is 5.44. The number of ether oxygens (including phenoxy) is 1. The first-order valence-corrected chi connectivity index (χ1v) is 8.14. The van der Waals surface area contributed by atoms with Gasteiger partial charge in [-0.05, 0) is 25.5 Å². The predicted molar refractivity (Wildman–Crippen MR) is 74.3 cm³/mol. The molecule has 1 aromatic rings. The van der Waals surface area contributed by atoms with E-state index >= 15 is 0 Å². The van der Waals surface area contributed by atoms with Gasteiger partial charge in [-0.25, -0.2) is 13.1 Å². The monoisotopic (exact) mass is 306 g/mol. The summed E-state index contributed by atoms with van der Waals surface area (Å²) in [6, 6.07) is 2.96. The van der Waals surface area contributed by atoms with E-state index in [-0.39, 0.29) is 21.3 Å². The van der Waals surface area contributed by atoms with Gasteiger partial charge < -0.3 is 10.5 Å². The second-order valence-corrected chi connectivity index (χ2v) is 7.54. The van der Waals surface area contributed by atoms with Gasteiger partial charge in [0.15, 0.2) is 0 Å². The molecule has 8 heteroatoms.